The van der Waals surface area contributed by atoms with Crippen molar-refractivity contribution in [3.63, 3.8) is 0 Å². The molecule has 0 radical (unpaired) electrons. The molecule has 0 aliphatic rings. The van der Waals surface area contributed by atoms with E-state index in [0.29, 0.717) is 13.2 Å². The van der Waals surface area contributed by atoms with E-state index in [0.717, 1.165) is 0 Å². The van der Waals surface area contributed by atoms with Crippen LogP contribution in [0, 0.1) is 5.92 Å². The fourth-order valence-electron chi connectivity index (χ4n) is 1.65. The van der Waals surface area contributed by atoms with Gasteiger partial charge < -0.3 is 14.7 Å². The average Bonchev–Trinajstić information content (AvgIpc) is 2.12. The van der Waals surface area contributed by atoms with Crippen molar-refractivity contribution in [1.82, 2.24) is 4.90 Å². The van der Waals surface area contributed by atoms with Crippen LogP contribution in [0.4, 0.5) is 0 Å². The van der Waals surface area contributed by atoms with Crippen molar-refractivity contribution in [2.24, 2.45) is 5.92 Å². The molecular formula is C10H19NO4. The molecule has 0 aromatic heterocycles. The van der Waals surface area contributed by atoms with Crippen molar-refractivity contribution < 1.29 is 19.4 Å². The number of hydrogen-bond donors (Lipinski definition) is 1. The molecule has 0 aromatic carbocycles. The van der Waals surface area contributed by atoms with E-state index in [1.807, 2.05) is 0 Å². The average molecular weight is 217 g/mol. The Bertz CT molecular complexity index is 229. The molecule has 0 bridgehead atoms. The predicted molar refractivity (Wildman–Crippen MR) is 55.5 cm³/mol. The van der Waals surface area contributed by atoms with Crippen LogP contribution >= 0.6 is 0 Å². The number of likely N-dealkylation sites (N-methyl/N-ethyl adjacent to an activating group) is 1. The van der Waals surface area contributed by atoms with Gasteiger partial charge in [-0.2, -0.15) is 0 Å². The van der Waals surface area contributed by atoms with Crippen LogP contribution in [0.25, 0.3) is 0 Å². The van der Waals surface area contributed by atoms with Crippen LogP contribution in [0.2, 0.25) is 0 Å². The summed E-state index contributed by atoms with van der Waals surface area (Å²) in [5, 5.41) is 9.07. The van der Waals surface area contributed by atoms with Crippen LogP contribution in [0.15, 0.2) is 0 Å². The molecule has 5 nitrogen and oxygen atoms in total. The predicted octanol–water partition coefficient (Wildman–Crippen LogP) is 0.590. The zero-order valence-electron chi connectivity index (χ0n) is 9.69. The molecule has 0 saturated carbocycles. The highest BCUT2D eigenvalue weighted by Crippen LogP contribution is 2.12. The number of carbonyl (C=O) groups excluding carboxylic acids is 1. The maximum Gasteiger partial charge on any atom is 0.326 e. The Morgan fingerprint density at radius 2 is 2.00 bits per heavy atom. The van der Waals surface area contributed by atoms with Gasteiger partial charge in [-0.1, -0.05) is 6.92 Å². The van der Waals surface area contributed by atoms with Gasteiger partial charge in [0.2, 0.25) is 5.91 Å². The van der Waals surface area contributed by atoms with Gasteiger partial charge in [-0.15, -0.1) is 0 Å². The highest BCUT2D eigenvalue weighted by atomic mass is 16.5. The molecule has 88 valence electrons. The van der Waals surface area contributed by atoms with Crippen molar-refractivity contribution in [2.75, 3.05) is 20.3 Å². The van der Waals surface area contributed by atoms with Crippen LogP contribution in [0.3, 0.4) is 0 Å². The van der Waals surface area contributed by atoms with E-state index in [-0.39, 0.29) is 11.8 Å². The van der Waals surface area contributed by atoms with Crippen LogP contribution in [-0.4, -0.2) is 48.2 Å². The summed E-state index contributed by atoms with van der Waals surface area (Å²) in [6, 6.07) is -0.813. The Morgan fingerprint density at radius 1 is 1.47 bits per heavy atom. The fourth-order valence-corrected chi connectivity index (χ4v) is 1.65. The lowest BCUT2D eigenvalue weighted by molar-refractivity contribution is -0.152. The second kappa shape index (κ2) is 6.40. The second-order valence-electron chi connectivity index (χ2n) is 3.52. The first-order valence-corrected chi connectivity index (χ1v) is 4.94. The first-order valence-electron chi connectivity index (χ1n) is 4.94. The molecule has 0 aliphatic carbocycles. The van der Waals surface area contributed by atoms with E-state index < -0.39 is 12.0 Å². The first kappa shape index (κ1) is 13.9. The molecule has 0 rings (SSSR count). The lowest BCUT2D eigenvalue weighted by Crippen LogP contribution is -2.48. The summed E-state index contributed by atoms with van der Waals surface area (Å²) in [6.45, 7) is 5.60. The number of ether oxygens (including phenoxy) is 1. The molecule has 5 heteroatoms. The summed E-state index contributed by atoms with van der Waals surface area (Å²) in [6.07, 6.45) is 0. The minimum absolute atomic E-state index is 0.226. The highest BCUT2D eigenvalue weighted by Gasteiger charge is 2.31. The number of carboxylic acid groups (broad SMARTS) is 1. The van der Waals surface area contributed by atoms with Crippen molar-refractivity contribution in [3.05, 3.63) is 0 Å². The zero-order valence-corrected chi connectivity index (χ0v) is 9.69. The summed E-state index contributed by atoms with van der Waals surface area (Å²) < 4.78 is 4.91. The van der Waals surface area contributed by atoms with Gasteiger partial charge in [-0.25, -0.2) is 4.79 Å². The quantitative estimate of drug-likeness (QED) is 0.707. The Labute approximate surface area is 90.0 Å². The molecule has 0 aliphatic heterocycles. The maximum atomic E-state index is 11.3. The molecular weight excluding hydrogens is 198 g/mol. The number of carboxylic acids is 1. The summed E-state index contributed by atoms with van der Waals surface area (Å²) in [7, 11) is 1.51. The Balaban J connectivity index is 4.77. The molecule has 2 unspecified atom stereocenters. The lowest BCUT2D eigenvalue weighted by Gasteiger charge is -2.30. The van der Waals surface area contributed by atoms with Gasteiger partial charge in [0.25, 0.3) is 0 Å². The van der Waals surface area contributed by atoms with Crippen molar-refractivity contribution in [2.45, 2.75) is 26.8 Å². The maximum absolute atomic E-state index is 11.3. The number of methoxy groups -OCH3 is 1. The molecule has 0 heterocycles. The van der Waals surface area contributed by atoms with E-state index in [2.05, 4.69) is 0 Å². The highest BCUT2D eigenvalue weighted by molar-refractivity contribution is 5.82. The summed E-state index contributed by atoms with van der Waals surface area (Å²) >= 11 is 0. The van der Waals surface area contributed by atoms with Crippen molar-refractivity contribution in [3.8, 4) is 0 Å². The topological polar surface area (TPSA) is 66.8 Å². The normalized spacial score (nSPS) is 14.4. The molecule has 0 fully saturated rings. The number of amides is 1. The van der Waals surface area contributed by atoms with Gasteiger partial charge in [0.05, 0.1) is 6.61 Å². The van der Waals surface area contributed by atoms with E-state index in [9.17, 15) is 9.59 Å². The first-order chi connectivity index (χ1) is 6.95. The minimum atomic E-state index is -0.989. The Hall–Kier alpha value is -1.10. The third-order valence-corrected chi connectivity index (χ3v) is 2.30. The Morgan fingerprint density at radius 3 is 2.27 bits per heavy atom. The fraction of sp³-hybridized carbons (Fsp3) is 0.800. The van der Waals surface area contributed by atoms with E-state index in [4.69, 9.17) is 9.84 Å². The number of hydrogen-bond acceptors (Lipinski definition) is 3. The van der Waals surface area contributed by atoms with E-state index in [1.165, 1.54) is 18.9 Å². The molecule has 15 heavy (non-hydrogen) atoms. The minimum Gasteiger partial charge on any atom is -0.480 e. The van der Waals surface area contributed by atoms with Gasteiger partial charge >= 0.3 is 5.97 Å². The largest absolute Gasteiger partial charge is 0.480 e. The summed E-state index contributed by atoms with van der Waals surface area (Å²) in [5.41, 5.74) is 0. The second-order valence-corrected chi connectivity index (χ2v) is 3.52. The van der Waals surface area contributed by atoms with Gasteiger partial charge in [0, 0.05) is 26.5 Å². The van der Waals surface area contributed by atoms with Crippen molar-refractivity contribution in [1.29, 1.82) is 0 Å². The van der Waals surface area contributed by atoms with Crippen LogP contribution in [0.5, 0.6) is 0 Å². The van der Waals surface area contributed by atoms with Crippen LogP contribution < -0.4 is 0 Å². The lowest BCUT2D eigenvalue weighted by atomic mass is 10.0. The number of carbonyl (C=O) groups is 2. The van der Waals surface area contributed by atoms with Crippen molar-refractivity contribution >= 4 is 11.9 Å². The van der Waals surface area contributed by atoms with Gasteiger partial charge in [-0.05, 0) is 6.92 Å². The standard InChI is InChI=1S/C10H19NO4/c1-5-11(8(3)12)9(10(13)14)7(2)6-15-4/h7,9H,5-6H2,1-4H3,(H,13,14). The monoisotopic (exact) mass is 217 g/mol. The number of aliphatic carboxylic acids is 1. The molecule has 0 saturated heterocycles. The zero-order chi connectivity index (χ0) is 12.0. The Kier molecular flexibility index (Phi) is 5.93. The number of rotatable bonds is 6. The third kappa shape index (κ3) is 3.87. The summed E-state index contributed by atoms with van der Waals surface area (Å²) in [4.78, 5) is 23.7. The molecule has 2 atom stereocenters. The van der Waals surface area contributed by atoms with E-state index >= 15 is 0 Å². The smallest absolute Gasteiger partial charge is 0.326 e. The molecule has 0 aromatic rings. The molecule has 0 spiro atoms. The molecule has 1 N–H and O–H groups in total. The molecule has 1 amide bonds. The third-order valence-electron chi connectivity index (χ3n) is 2.30. The van der Waals surface area contributed by atoms with Gasteiger partial charge in [0.15, 0.2) is 0 Å². The van der Waals surface area contributed by atoms with Crippen LogP contribution in [-0.2, 0) is 14.3 Å². The SMILES string of the molecule is CCN(C(C)=O)C(C(=O)O)C(C)COC. The van der Waals surface area contributed by atoms with Gasteiger partial charge in [0.1, 0.15) is 6.04 Å². The van der Waals surface area contributed by atoms with E-state index in [1.54, 1.807) is 13.8 Å². The van der Waals surface area contributed by atoms with Crippen LogP contribution in [0.1, 0.15) is 20.8 Å². The summed E-state index contributed by atoms with van der Waals surface area (Å²) in [5.74, 6) is -1.44. The van der Waals surface area contributed by atoms with Gasteiger partial charge in [-0.3, -0.25) is 4.79 Å². The number of nitrogens with zero attached hydrogens (tertiary/aromatic N) is 1.